The van der Waals surface area contributed by atoms with Crippen LogP contribution in [0, 0.1) is 0 Å². The van der Waals surface area contributed by atoms with Crippen LogP contribution in [0.5, 0.6) is 0 Å². The van der Waals surface area contributed by atoms with Gasteiger partial charge in [-0.3, -0.25) is 0 Å². The second-order valence-electron chi connectivity index (χ2n) is 24.4. The molecule has 11 rings (SSSR count). The summed E-state index contributed by atoms with van der Waals surface area (Å²) in [5.74, 6) is 0. The third-order valence-electron chi connectivity index (χ3n) is 15.4. The molecule has 0 unspecified atom stereocenters. The summed E-state index contributed by atoms with van der Waals surface area (Å²) < 4.78 is 2.79. The highest BCUT2D eigenvalue weighted by atomic mass is 15.2. The number of hydrogen-bond donors (Lipinski definition) is 0. The van der Waals surface area contributed by atoms with Gasteiger partial charge in [-0.05, 0) is 133 Å². The molecule has 3 heterocycles. The van der Waals surface area contributed by atoms with Gasteiger partial charge >= 0.3 is 6.85 Å². The third-order valence-corrected chi connectivity index (χ3v) is 15.4. The Morgan fingerprint density at radius 1 is 0.493 bits per heavy atom. The Balaban J connectivity index is 1.33. The minimum Gasteiger partial charge on any atom is -0.375 e. The van der Waals surface area contributed by atoms with Crippen LogP contribution in [0.2, 0.25) is 0 Å². The van der Waals surface area contributed by atoms with E-state index in [0.717, 1.165) is 11.4 Å². The smallest absolute Gasteiger partial charge is 0.329 e. The van der Waals surface area contributed by atoms with Crippen molar-refractivity contribution in [2.75, 3.05) is 9.80 Å². The van der Waals surface area contributed by atoms with Crippen LogP contribution in [0.15, 0.2) is 151 Å². The van der Waals surface area contributed by atoms with Crippen molar-refractivity contribution in [3.8, 4) is 11.1 Å². The first-order chi connectivity index (χ1) is 31.5. The molecule has 0 amide bonds. The van der Waals surface area contributed by atoms with E-state index in [-0.39, 0.29) is 33.9 Å². The SMILES string of the molecule is CC(C)(C)c1ccc(N2C3=C(B4c5c(cc(C(C)(C)C)cc52)-c2ccc(N(c5ccccc5)c5ccccc5)c5c6cc(C(C)(C)C)ccc6n4c25)C(C)(C)c2ccc(C(C)(C)C)cc23)cc1. The molecule has 3 nitrogen and oxygen atoms in total. The highest BCUT2D eigenvalue weighted by molar-refractivity contribution is 6.85. The van der Waals surface area contributed by atoms with Crippen LogP contribution in [0.3, 0.4) is 0 Å². The van der Waals surface area contributed by atoms with Crippen molar-refractivity contribution < 1.29 is 0 Å². The fourth-order valence-corrected chi connectivity index (χ4v) is 11.6. The molecule has 0 saturated carbocycles. The van der Waals surface area contributed by atoms with Crippen LogP contribution in [0.1, 0.15) is 130 Å². The minimum absolute atomic E-state index is 0.0159. The average Bonchev–Trinajstić information content (AvgIpc) is 3.74. The number of para-hydroxylation sites is 2. The molecule has 8 aromatic rings. The van der Waals surface area contributed by atoms with Gasteiger partial charge in [0.15, 0.2) is 0 Å². The number of nitrogens with zero attached hydrogens (tertiary/aromatic N) is 3. The Morgan fingerprint density at radius 3 is 1.61 bits per heavy atom. The summed E-state index contributed by atoms with van der Waals surface area (Å²) in [6.07, 6.45) is 0. The Bertz CT molecular complexity index is 3300. The minimum atomic E-state index is -0.295. The van der Waals surface area contributed by atoms with Gasteiger partial charge in [-0.15, -0.1) is 0 Å². The lowest BCUT2D eigenvalue weighted by atomic mass is 9.40. The van der Waals surface area contributed by atoms with E-state index in [1.54, 1.807) is 0 Å². The predicted octanol–water partition coefficient (Wildman–Crippen LogP) is 16.6. The third kappa shape index (κ3) is 6.52. The largest absolute Gasteiger partial charge is 0.375 e. The van der Waals surface area contributed by atoms with Crippen molar-refractivity contribution in [1.29, 1.82) is 0 Å². The zero-order valence-corrected chi connectivity index (χ0v) is 42.3. The normalized spacial score (nSPS) is 15.3. The number of allylic oxidation sites excluding steroid dienone is 1. The van der Waals surface area contributed by atoms with Crippen LogP contribution >= 0.6 is 0 Å². The fourth-order valence-electron chi connectivity index (χ4n) is 11.6. The van der Waals surface area contributed by atoms with E-state index in [2.05, 4.69) is 257 Å². The molecule has 0 N–H and O–H groups in total. The molecular formula is C63H66BN3. The van der Waals surface area contributed by atoms with E-state index in [9.17, 15) is 0 Å². The quantitative estimate of drug-likeness (QED) is 0.163. The van der Waals surface area contributed by atoms with Gasteiger partial charge in [0, 0.05) is 66.8 Å². The van der Waals surface area contributed by atoms with Crippen LogP contribution in [-0.2, 0) is 27.1 Å². The van der Waals surface area contributed by atoms with Crippen LogP contribution in [0.25, 0.3) is 38.6 Å². The Kier molecular flexibility index (Phi) is 9.30. The highest BCUT2D eigenvalue weighted by Crippen LogP contribution is 2.58. The van der Waals surface area contributed by atoms with Gasteiger partial charge < -0.3 is 14.3 Å². The average molecular weight is 876 g/mol. The van der Waals surface area contributed by atoms with Crippen molar-refractivity contribution in [2.45, 2.75) is 124 Å². The van der Waals surface area contributed by atoms with Crippen molar-refractivity contribution in [3.05, 3.63) is 184 Å². The molecule has 67 heavy (non-hydrogen) atoms. The molecule has 1 aliphatic carbocycles. The molecule has 0 spiro atoms. The van der Waals surface area contributed by atoms with Gasteiger partial charge in [-0.2, -0.15) is 0 Å². The van der Waals surface area contributed by atoms with Gasteiger partial charge in [-0.1, -0.05) is 176 Å². The second kappa shape index (κ2) is 14.4. The van der Waals surface area contributed by atoms with Gasteiger partial charge in [0.1, 0.15) is 0 Å². The van der Waals surface area contributed by atoms with Crippen molar-refractivity contribution in [3.63, 3.8) is 0 Å². The summed E-state index contributed by atoms with van der Waals surface area (Å²) >= 11 is 0. The zero-order valence-electron chi connectivity index (χ0n) is 42.3. The monoisotopic (exact) mass is 876 g/mol. The van der Waals surface area contributed by atoms with Crippen LogP contribution < -0.4 is 15.3 Å². The van der Waals surface area contributed by atoms with E-state index < -0.39 is 0 Å². The van der Waals surface area contributed by atoms with Gasteiger partial charge in [0.05, 0.1) is 5.69 Å². The molecular weight excluding hydrogens is 810 g/mol. The lowest BCUT2D eigenvalue weighted by Gasteiger charge is -2.44. The number of benzene rings is 7. The zero-order chi connectivity index (χ0) is 47.3. The number of rotatable bonds is 4. The van der Waals surface area contributed by atoms with E-state index in [4.69, 9.17) is 0 Å². The molecule has 3 aliphatic rings. The molecule has 0 saturated heterocycles. The van der Waals surface area contributed by atoms with E-state index >= 15 is 0 Å². The van der Waals surface area contributed by atoms with E-state index in [0.29, 0.717) is 0 Å². The second-order valence-corrected chi connectivity index (χ2v) is 24.4. The molecule has 0 bridgehead atoms. The first-order valence-electron chi connectivity index (χ1n) is 24.6. The molecule has 336 valence electrons. The Labute approximate surface area is 400 Å². The predicted molar refractivity (Wildman–Crippen MR) is 290 cm³/mol. The molecule has 0 fully saturated rings. The first-order valence-corrected chi connectivity index (χ1v) is 24.6. The summed E-state index contributed by atoms with van der Waals surface area (Å²) in [6.45, 7) is 33.1. The lowest BCUT2D eigenvalue weighted by molar-refractivity contribution is 0.588. The molecule has 7 aromatic carbocycles. The maximum Gasteiger partial charge on any atom is 0.329 e. The maximum absolute atomic E-state index is 2.79. The number of aromatic nitrogens is 1. The summed E-state index contributed by atoms with van der Waals surface area (Å²) in [5.41, 5.74) is 23.1. The van der Waals surface area contributed by atoms with Crippen molar-refractivity contribution in [2.24, 2.45) is 0 Å². The topological polar surface area (TPSA) is 11.4 Å². The van der Waals surface area contributed by atoms with Gasteiger partial charge in [-0.25, -0.2) is 0 Å². The molecule has 0 radical (unpaired) electrons. The summed E-state index contributed by atoms with van der Waals surface area (Å²) in [7, 11) is 0. The Morgan fingerprint density at radius 2 is 1.03 bits per heavy atom. The summed E-state index contributed by atoms with van der Waals surface area (Å²) in [5, 5.41) is 2.59. The van der Waals surface area contributed by atoms with Crippen molar-refractivity contribution >= 4 is 68.3 Å². The Hall–Kier alpha value is -6.26. The number of anilines is 5. The fraction of sp³-hybridized carbons (Fsp3) is 0.302. The van der Waals surface area contributed by atoms with Crippen LogP contribution in [0.4, 0.5) is 28.4 Å². The van der Waals surface area contributed by atoms with Crippen molar-refractivity contribution in [1.82, 2.24) is 4.48 Å². The number of hydrogen-bond acceptors (Lipinski definition) is 2. The lowest BCUT2D eigenvalue weighted by Crippen LogP contribution is -2.52. The summed E-state index contributed by atoms with van der Waals surface area (Å²) in [4.78, 5) is 5.16. The maximum atomic E-state index is 2.79. The first kappa shape index (κ1) is 43.3. The highest BCUT2D eigenvalue weighted by Gasteiger charge is 2.53. The van der Waals surface area contributed by atoms with E-state index in [1.807, 2.05) is 0 Å². The van der Waals surface area contributed by atoms with Gasteiger partial charge in [0.25, 0.3) is 0 Å². The summed E-state index contributed by atoms with van der Waals surface area (Å²) in [6, 6.07) is 56.2. The number of fused-ring (bicyclic) bond motifs is 8. The molecule has 1 aromatic heterocycles. The van der Waals surface area contributed by atoms with Gasteiger partial charge in [0.2, 0.25) is 0 Å². The molecule has 2 aliphatic heterocycles. The standard InChI is InChI=1S/C63H66BN3/c1-59(2,3)39-25-29-45(30-26-39)66-53-38-42(62(10,11)12)37-47-46-31-34-52(65(43-21-17-15-18-22-43)44-23-19-16-20-24-44)54-49-36-41(61(7,8)9)28-33-51(49)67(56(46)54)64(55(47)53)58-57(66)48-35-40(60(4,5)6)27-32-50(48)63(58,13)14/h15-38H,1-14H3. The molecule has 4 heteroatoms. The van der Waals surface area contributed by atoms with Crippen LogP contribution in [-0.4, -0.2) is 11.3 Å². The van der Waals surface area contributed by atoms with E-state index in [1.165, 1.54) is 100 Å². The molecule has 0 atom stereocenters.